The maximum Gasteiger partial charge on any atom is 0 e. The summed E-state index contributed by atoms with van der Waals surface area (Å²) in [6.45, 7) is 0. The molecule has 7 radical (unpaired) electrons. The Morgan fingerprint density at radius 3 is 1.00 bits per heavy atom. The molecule has 0 aliphatic rings. The van der Waals surface area contributed by atoms with Gasteiger partial charge < -0.3 is 0 Å². The van der Waals surface area contributed by atoms with Gasteiger partial charge in [0.25, 0.3) is 0 Å². The Hall–Kier alpha value is 2.00. The van der Waals surface area contributed by atoms with Crippen LogP contribution in [-0.2, 0) is 33.6 Å². The van der Waals surface area contributed by atoms with Gasteiger partial charge in [-0.3, -0.25) is 0 Å². The monoisotopic (exact) mass is 173 g/mol. The van der Waals surface area contributed by atoms with Crippen molar-refractivity contribution in [3.8, 4) is 0 Å². The maximum atomic E-state index is 0. The van der Waals surface area contributed by atoms with E-state index in [2.05, 4.69) is 0 Å². The molecule has 4 heavy (non-hydrogen) atoms. The Kier molecular flexibility index (Phi) is 188. The van der Waals surface area contributed by atoms with Crippen molar-refractivity contribution in [1.82, 2.24) is 0 Å². The van der Waals surface area contributed by atoms with Gasteiger partial charge in [0, 0.05) is 67.6 Å². The van der Waals surface area contributed by atoms with Crippen molar-refractivity contribution in [2.45, 2.75) is 0 Å². The summed E-state index contributed by atoms with van der Waals surface area (Å²) in [6.07, 6.45) is 0. The molecule has 27 valence electrons. The van der Waals surface area contributed by atoms with Crippen molar-refractivity contribution in [3.63, 3.8) is 0 Å². The zero-order valence-corrected chi connectivity index (χ0v) is 6.17. The molecule has 0 spiro atoms. The second-order valence-corrected chi connectivity index (χ2v) is 0. The Bertz CT molecular complexity index is 8.00. The van der Waals surface area contributed by atoms with Crippen LogP contribution in [0.2, 0.25) is 0 Å². The van der Waals surface area contributed by atoms with Crippen LogP contribution in [0.4, 0.5) is 0 Å². The molecular weight excluding hydrogens is 175 g/mol. The predicted octanol–water partition coefficient (Wildman–Crippen LogP) is -0.767. The van der Waals surface area contributed by atoms with Crippen molar-refractivity contribution in [1.29, 1.82) is 0 Å². The van der Waals surface area contributed by atoms with E-state index < -0.39 is 0 Å². The maximum absolute atomic E-state index is 0. The molecule has 0 atom stereocenters. The van der Waals surface area contributed by atoms with Gasteiger partial charge in [0.15, 0.2) is 0 Å². The van der Waals surface area contributed by atoms with Gasteiger partial charge in [-0.05, 0) is 0 Å². The van der Waals surface area contributed by atoms with E-state index in [-0.39, 0.29) is 67.6 Å². The fourth-order valence-corrected chi connectivity index (χ4v) is 0. The summed E-state index contributed by atoms with van der Waals surface area (Å²) in [4.78, 5) is 0. The Balaban J connectivity index is 0. The van der Waals surface area contributed by atoms with Crippen LogP contribution >= 0.6 is 0 Å². The molecule has 0 aromatic carbocycles. The third kappa shape index (κ3) is 9.00. The Morgan fingerprint density at radius 1 is 1.00 bits per heavy atom. The minimum Gasteiger partial charge on any atom is 0 e. The average Bonchev–Trinajstić information content (AvgIpc) is 0. The van der Waals surface area contributed by atoms with Gasteiger partial charge >= 0.3 is 0 Å². The molecule has 0 aliphatic carbocycles. The standard InChI is InChI=1S/Cu.Mg.Ni.Si. The molecule has 0 amide bonds. The van der Waals surface area contributed by atoms with E-state index in [1.54, 1.807) is 0 Å². The molecule has 0 nitrogen and oxygen atoms in total. The first kappa shape index (κ1) is 37.6. The first-order valence-electron chi connectivity index (χ1n) is 0. The van der Waals surface area contributed by atoms with Gasteiger partial charge in [0.05, 0.1) is 0 Å². The van der Waals surface area contributed by atoms with Crippen molar-refractivity contribution < 1.29 is 33.6 Å². The fourth-order valence-electron chi connectivity index (χ4n) is 0. The Morgan fingerprint density at radius 2 is 1.00 bits per heavy atom. The van der Waals surface area contributed by atoms with Crippen LogP contribution in [0.25, 0.3) is 0 Å². The van der Waals surface area contributed by atoms with E-state index in [1.807, 2.05) is 0 Å². The smallest absolute Gasteiger partial charge is 0 e. The molecule has 0 fully saturated rings. The van der Waals surface area contributed by atoms with Crippen molar-refractivity contribution >= 4 is 34.0 Å². The summed E-state index contributed by atoms with van der Waals surface area (Å²) in [5, 5.41) is 0. The molecule has 0 aromatic rings. The number of hydrogen-bond acceptors (Lipinski definition) is 0. The largest absolute Gasteiger partial charge is 0 e. The number of rotatable bonds is 0. The minimum absolute atomic E-state index is 0. The van der Waals surface area contributed by atoms with Crippen LogP contribution < -0.4 is 0 Å². The molecule has 0 saturated carbocycles. The predicted molar refractivity (Wildman–Crippen MR) is 11.5 cm³/mol. The van der Waals surface area contributed by atoms with Crippen LogP contribution in [0, 0.1) is 0 Å². The van der Waals surface area contributed by atoms with E-state index >= 15 is 0 Å². The van der Waals surface area contributed by atoms with E-state index in [9.17, 15) is 0 Å². The molecule has 0 heterocycles. The van der Waals surface area contributed by atoms with Gasteiger partial charge in [-0.1, -0.05) is 0 Å². The molecule has 0 unspecified atom stereocenters. The summed E-state index contributed by atoms with van der Waals surface area (Å²) in [7, 11) is 0. The third-order valence-corrected chi connectivity index (χ3v) is 0. The van der Waals surface area contributed by atoms with E-state index in [0.29, 0.717) is 0 Å². The van der Waals surface area contributed by atoms with Gasteiger partial charge in [-0.25, -0.2) is 0 Å². The first-order valence-corrected chi connectivity index (χ1v) is 0. The minimum atomic E-state index is 0. The summed E-state index contributed by atoms with van der Waals surface area (Å²) in [5.74, 6) is 0. The molecule has 0 aromatic heterocycles. The van der Waals surface area contributed by atoms with Gasteiger partial charge in [0.2, 0.25) is 0 Å². The number of hydrogen-bond donors (Lipinski definition) is 0. The van der Waals surface area contributed by atoms with Crippen molar-refractivity contribution in [2.24, 2.45) is 0 Å². The zero-order chi connectivity index (χ0) is 0. The molecule has 0 aliphatic heterocycles. The van der Waals surface area contributed by atoms with Crippen molar-refractivity contribution in [2.75, 3.05) is 0 Å². The van der Waals surface area contributed by atoms with Crippen molar-refractivity contribution in [3.05, 3.63) is 0 Å². The van der Waals surface area contributed by atoms with Crippen LogP contribution in [0.1, 0.15) is 0 Å². The first-order chi connectivity index (χ1) is 0. The molecular formula is CuMgNiSi. The van der Waals surface area contributed by atoms with E-state index in [1.165, 1.54) is 0 Å². The molecule has 0 bridgehead atoms. The van der Waals surface area contributed by atoms with E-state index in [4.69, 9.17) is 0 Å². The van der Waals surface area contributed by atoms with Gasteiger partial charge in [0.1, 0.15) is 0 Å². The summed E-state index contributed by atoms with van der Waals surface area (Å²) in [6, 6.07) is 0. The van der Waals surface area contributed by atoms with E-state index in [0.717, 1.165) is 0 Å². The van der Waals surface area contributed by atoms with Crippen LogP contribution in [0.15, 0.2) is 0 Å². The normalized spacial score (nSPS) is 0. The molecule has 0 N–H and O–H groups in total. The summed E-state index contributed by atoms with van der Waals surface area (Å²) < 4.78 is 0. The second kappa shape index (κ2) is 20.0. The molecule has 0 rings (SSSR count). The van der Waals surface area contributed by atoms with Gasteiger partial charge in [-0.2, -0.15) is 0 Å². The zero-order valence-electron chi connectivity index (χ0n) is 1.82. The summed E-state index contributed by atoms with van der Waals surface area (Å²) in [5.41, 5.74) is 0. The fraction of sp³-hybridized carbons (Fsp3) is 0. The van der Waals surface area contributed by atoms with Crippen LogP contribution in [0.5, 0.6) is 0 Å². The van der Waals surface area contributed by atoms with Crippen LogP contribution in [-0.4, -0.2) is 34.0 Å². The topological polar surface area (TPSA) is 0 Å². The average molecular weight is 175 g/mol. The third-order valence-electron chi connectivity index (χ3n) is 0. The second-order valence-electron chi connectivity index (χ2n) is 0. The molecule has 4 heteroatoms. The SMILES string of the molecule is [Cu].[Mg].[Ni].[Si]. The van der Waals surface area contributed by atoms with Crippen LogP contribution in [0.3, 0.4) is 0 Å². The Labute approximate surface area is 67.1 Å². The molecule has 0 saturated heterocycles. The quantitative estimate of drug-likeness (QED) is 0.424. The summed E-state index contributed by atoms with van der Waals surface area (Å²) >= 11 is 0. The van der Waals surface area contributed by atoms with Gasteiger partial charge in [-0.15, -0.1) is 0 Å².